The van der Waals surface area contributed by atoms with E-state index in [-0.39, 0.29) is 17.4 Å². The summed E-state index contributed by atoms with van der Waals surface area (Å²) in [4.78, 5) is 28.0. The van der Waals surface area contributed by atoms with Gasteiger partial charge in [-0.25, -0.2) is 4.98 Å². The number of hydrogen-bond donors (Lipinski definition) is 1. The molecule has 1 N–H and O–H groups in total. The molecule has 1 aromatic heterocycles. The molecule has 1 heterocycles. The molecule has 0 aliphatic carbocycles. The van der Waals surface area contributed by atoms with Crippen LogP contribution in [0.1, 0.15) is 32.7 Å². The van der Waals surface area contributed by atoms with Crippen LogP contribution in [0, 0.1) is 0 Å². The number of aliphatic carboxylic acids is 1. The number of rotatable bonds is 6. The maximum atomic E-state index is 12.7. The van der Waals surface area contributed by atoms with E-state index in [9.17, 15) is 9.59 Å². The summed E-state index contributed by atoms with van der Waals surface area (Å²) < 4.78 is 1.65. The molecule has 0 saturated heterocycles. The Morgan fingerprint density at radius 3 is 2.62 bits per heavy atom. The fourth-order valence-corrected chi connectivity index (χ4v) is 3.12. The number of carboxylic acids is 1. The third-order valence-electron chi connectivity index (χ3n) is 3.41. The van der Waals surface area contributed by atoms with Gasteiger partial charge in [-0.15, -0.1) is 0 Å². The zero-order chi connectivity index (χ0) is 15.4. The maximum absolute atomic E-state index is 12.7. The SMILES string of the molecule is CCC(CC)n1c(SCC(=O)O)nc2ccccc2c1=O. The number of carbonyl (C=O) groups is 1. The van der Waals surface area contributed by atoms with Crippen molar-refractivity contribution in [3.05, 3.63) is 34.6 Å². The highest BCUT2D eigenvalue weighted by Crippen LogP contribution is 2.24. The molecule has 0 fully saturated rings. The zero-order valence-corrected chi connectivity index (χ0v) is 12.9. The predicted molar refractivity (Wildman–Crippen MR) is 84.0 cm³/mol. The summed E-state index contributed by atoms with van der Waals surface area (Å²) >= 11 is 1.10. The van der Waals surface area contributed by atoms with Crippen LogP contribution in [-0.2, 0) is 4.79 Å². The molecule has 112 valence electrons. The fourth-order valence-electron chi connectivity index (χ4n) is 2.33. The molecule has 6 heteroatoms. The van der Waals surface area contributed by atoms with Crippen LogP contribution in [0.2, 0.25) is 0 Å². The van der Waals surface area contributed by atoms with Crippen molar-refractivity contribution in [2.75, 3.05) is 5.75 Å². The Morgan fingerprint density at radius 1 is 1.33 bits per heavy atom. The molecule has 0 aliphatic rings. The number of carboxylic acid groups (broad SMARTS) is 1. The number of hydrogen-bond acceptors (Lipinski definition) is 4. The van der Waals surface area contributed by atoms with Gasteiger partial charge >= 0.3 is 5.97 Å². The number of thioether (sulfide) groups is 1. The first-order valence-electron chi connectivity index (χ1n) is 6.94. The Bertz CT molecular complexity index is 708. The fraction of sp³-hybridized carbons (Fsp3) is 0.400. The molecule has 1 aromatic carbocycles. The molecular weight excluding hydrogens is 288 g/mol. The Kier molecular flexibility index (Phi) is 5.01. The van der Waals surface area contributed by atoms with Gasteiger partial charge < -0.3 is 5.11 Å². The highest BCUT2D eigenvalue weighted by atomic mass is 32.2. The molecule has 0 amide bonds. The minimum Gasteiger partial charge on any atom is -0.481 e. The Balaban J connectivity index is 2.64. The summed E-state index contributed by atoms with van der Waals surface area (Å²) in [5.41, 5.74) is 0.514. The molecule has 0 atom stereocenters. The Labute approximate surface area is 127 Å². The quantitative estimate of drug-likeness (QED) is 0.656. The first-order valence-corrected chi connectivity index (χ1v) is 7.92. The minimum atomic E-state index is -0.918. The lowest BCUT2D eigenvalue weighted by atomic mass is 10.1. The third-order valence-corrected chi connectivity index (χ3v) is 4.35. The third kappa shape index (κ3) is 3.26. The van der Waals surface area contributed by atoms with Crippen LogP contribution in [0.5, 0.6) is 0 Å². The minimum absolute atomic E-state index is 0.0332. The molecule has 21 heavy (non-hydrogen) atoms. The number of fused-ring (bicyclic) bond motifs is 1. The van der Waals surface area contributed by atoms with Crippen LogP contribution >= 0.6 is 11.8 Å². The topological polar surface area (TPSA) is 72.2 Å². The van der Waals surface area contributed by atoms with E-state index >= 15 is 0 Å². The molecule has 0 spiro atoms. The van der Waals surface area contributed by atoms with Crippen molar-refractivity contribution in [2.24, 2.45) is 0 Å². The van der Waals surface area contributed by atoms with Crippen LogP contribution in [0.25, 0.3) is 10.9 Å². The number of nitrogens with zero attached hydrogens (tertiary/aromatic N) is 2. The summed E-state index contributed by atoms with van der Waals surface area (Å²) in [7, 11) is 0. The van der Waals surface area contributed by atoms with E-state index in [4.69, 9.17) is 5.11 Å². The number of benzene rings is 1. The Morgan fingerprint density at radius 2 is 2.00 bits per heavy atom. The van der Waals surface area contributed by atoms with Gasteiger partial charge in [-0.2, -0.15) is 0 Å². The van der Waals surface area contributed by atoms with Gasteiger partial charge in [-0.05, 0) is 25.0 Å². The molecule has 0 radical (unpaired) electrons. The summed E-state index contributed by atoms with van der Waals surface area (Å²) in [6.07, 6.45) is 1.61. The van der Waals surface area contributed by atoms with Gasteiger partial charge in [0.2, 0.25) is 0 Å². The number of para-hydroxylation sites is 1. The zero-order valence-electron chi connectivity index (χ0n) is 12.1. The molecule has 0 bridgehead atoms. The van der Waals surface area contributed by atoms with Crippen molar-refractivity contribution < 1.29 is 9.90 Å². The van der Waals surface area contributed by atoms with Crippen LogP contribution < -0.4 is 5.56 Å². The van der Waals surface area contributed by atoms with Crippen molar-refractivity contribution in [1.29, 1.82) is 0 Å². The van der Waals surface area contributed by atoms with Crippen LogP contribution in [-0.4, -0.2) is 26.4 Å². The highest BCUT2D eigenvalue weighted by molar-refractivity contribution is 7.99. The molecule has 0 aliphatic heterocycles. The number of aromatic nitrogens is 2. The summed E-state index contributed by atoms with van der Waals surface area (Å²) in [6.45, 7) is 4.03. The summed E-state index contributed by atoms with van der Waals surface area (Å²) in [5.74, 6) is -1.02. The summed E-state index contributed by atoms with van der Waals surface area (Å²) in [6, 6.07) is 7.20. The van der Waals surface area contributed by atoms with E-state index in [2.05, 4.69) is 4.98 Å². The van der Waals surface area contributed by atoms with Crippen molar-refractivity contribution in [3.8, 4) is 0 Å². The molecule has 2 rings (SSSR count). The van der Waals surface area contributed by atoms with E-state index in [1.165, 1.54) is 0 Å². The van der Waals surface area contributed by atoms with Gasteiger partial charge in [0.1, 0.15) is 0 Å². The summed E-state index contributed by atoms with van der Waals surface area (Å²) in [5, 5.41) is 9.92. The Hall–Kier alpha value is -1.82. The van der Waals surface area contributed by atoms with E-state index in [0.717, 1.165) is 24.6 Å². The van der Waals surface area contributed by atoms with E-state index < -0.39 is 5.97 Å². The standard InChI is InChI=1S/C15H18N2O3S/c1-3-10(4-2)17-14(20)11-7-5-6-8-12(11)16-15(17)21-9-13(18)19/h5-8,10H,3-4,9H2,1-2H3,(H,18,19). The normalized spacial score (nSPS) is 11.2. The van der Waals surface area contributed by atoms with Crippen LogP contribution in [0.15, 0.2) is 34.2 Å². The lowest BCUT2D eigenvalue weighted by Crippen LogP contribution is -2.27. The second-order valence-electron chi connectivity index (χ2n) is 4.74. The monoisotopic (exact) mass is 306 g/mol. The van der Waals surface area contributed by atoms with Crippen molar-refractivity contribution in [1.82, 2.24) is 9.55 Å². The molecule has 2 aromatic rings. The lowest BCUT2D eigenvalue weighted by molar-refractivity contribution is -0.133. The predicted octanol–water partition coefficient (Wildman–Crippen LogP) is 2.93. The molecule has 5 nitrogen and oxygen atoms in total. The van der Waals surface area contributed by atoms with Crippen molar-refractivity contribution >= 4 is 28.6 Å². The molecular formula is C15H18N2O3S. The lowest BCUT2D eigenvalue weighted by Gasteiger charge is -2.20. The van der Waals surface area contributed by atoms with Crippen LogP contribution in [0.3, 0.4) is 0 Å². The molecule has 0 saturated carbocycles. The van der Waals surface area contributed by atoms with Gasteiger partial charge in [0.15, 0.2) is 5.16 Å². The van der Waals surface area contributed by atoms with Gasteiger partial charge in [0.05, 0.1) is 16.7 Å². The maximum Gasteiger partial charge on any atom is 0.313 e. The van der Waals surface area contributed by atoms with Gasteiger partial charge in [-0.3, -0.25) is 14.2 Å². The van der Waals surface area contributed by atoms with Crippen LogP contribution in [0.4, 0.5) is 0 Å². The second-order valence-corrected chi connectivity index (χ2v) is 5.68. The van der Waals surface area contributed by atoms with Gasteiger partial charge in [0, 0.05) is 6.04 Å². The van der Waals surface area contributed by atoms with Crippen molar-refractivity contribution in [3.63, 3.8) is 0 Å². The van der Waals surface area contributed by atoms with Crippen molar-refractivity contribution in [2.45, 2.75) is 37.9 Å². The van der Waals surface area contributed by atoms with E-state index in [1.807, 2.05) is 26.0 Å². The van der Waals surface area contributed by atoms with E-state index in [0.29, 0.717) is 16.1 Å². The largest absolute Gasteiger partial charge is 0.481 e. The molecule has 0 unspecified atom stereocenters. The smallest absolute Gasteiger partial charge is 0.313 e. The van der Waals surface area contributed by atoms with Gasteiger partial charge in [0.25, 0.3) is 5.56 Å². The first-order chi connectivity index (χ1) is 10.1. The average molecular weight is 306 g/mol. The second kappa shape index (κ2) is 6.76. The van der Waals surface area contributed by atoms with E-state index in [1.54, 1.807) is 16.7 Å². The first kappa shape index (κ1) is 15.6. The highest BCUT2D eigenvalue weighted by Gasteiger charge is 2.17. The van der Waals surface area contributed by atoms with Gasteiger partial charge in [-0.1, -0.05) is 37.7 Å². The average Bonchev–Trinajstić information content (AvgIpc) is 2.48.